The number of anilines is 1. The minimum absolute atomic E-state index is 0.149. The van der Waals surface area contributed by atoms with Gasteiger partial charge >= 0.3 is 11.9 Å². The first-order valence-electron chi connectivity index (χ1n) is 10.1. The lowest BCUT2D eigenvalue weighted by Crippen LogP contribution is -2.27. The average molecular weight is 470 g/mol. The number of nitrogens with one attached hydrogen (secondary N) is 1. The van der Waals surface area contributed by atoms with E-state index in [0.29, 0.717) is 28.4 Å². The molecule has 1 atom stereocenters. The molecule has 0 spiro atoms. The van der Waals surface area contributed by atoms with E-state index in [4.69, 9.17) is 21.1 Å². The first kappa shape index (κ1) is 24.9. The van der Waals surface area contributed by atoms with Gasteiger partial charge in [0.05, 0.1) is 34.7 Å². The molecule has 2 aromatic rings. The van der Waals surface area contributed by atoms with Gasteiger partial charge in [-0.2, -0.15) is 5.10 Å². The van der Waals surface area contributed by atoms with Crippen molar-refractivity contribution >= 4 is 45.8 Å². The van der Waals surface area contributed by atoms with Gasteiger partial charge in [-0.1, -0.05) is 18.5 Å². The van der Waals surface area contributed by atoms with Crippen molar-refractivity contribution < 1.29 is 23.9 Å². The van der Waals surface area contributed by atoms with Crippen LogP contribution in [0.25, 0.3) is 0 Å². The fraction of sp³-hybridized carbons (Fsp3) is 0.524. The molecule has 8 nitrogen and oxygen atoms in total. The Hall–Kier alpha value is -2.39. The normalized spacial score (nSPS) is 12.0. The van der Waals surface area contributed by atoms with Crippen LogP contribution in [0.1, 0.15) is 77.1 Å². The number of ether oxygens (including phenoxy) is 2. The minimum atomic E-state index is -0.645. The van der Waals surface area contributed by atoms with Crippen LogP contribution in [-0.4, -0.2) is 40.3 Å². The topological polar surface area (TPSA) is 99.5 Å². The maximum Gasteiger partial charge on any atom is 0.348 e. The van der Waals surface area contributed by atoms with Crippen LogP contribution in [-0.2, 0) is 14.3 Å². The van der Waals surface area contributed by atoms with Crippen LogP contribution in [0.2, 0.25) is 5.02 Å². The second-order valence-electron chi connectivity index (χ2n) is 7.28. The summed E-state index contributed by atoms with van der Waals surface area (Å²) in [6.07, 6.45) is 0.0898. The predicted octanol–water partition coefficient (Wildman–Crippen LogP) is 4.85. The monoisotopic (exact) mass is 469 g/mol. The van der Waals surface area contributed by atoms with Gasteiger partial charge in [-0.3, -0.25) is 9.48 Å². The Kier molecular flexibility index (Phi) is 8.25. The van der Waals surface area contributed by atoms with Crippen molar-refractivity contribution in [2.45, 2.75) is 67.0 Å². The average Bonchev–Trinajstić information content (AvgIpc) is 3.13. The molecule has 2 heterocycles. The molecule has 2 aromatic heterocycles. The van der Waals surface area contributed by atoms with Crippen LogP contribution >= 0.6 is 22.9 Å². The maximum absolute atomic E-state index is 13.2. The van der Waals surface area contributed by atoms with E-state index in [9.17, 15) is 14.4 Å². The number of aromatic nitrogens is 2. The fourth-order valence-electron chi connectivity index (χ4n) is 3.12. The van der Waals surface area contributed by atoms with Crippen molar-refractivity contribution in [1.29, 1.82) is 0 Å². The summed E-state index contributed by atoms with van der Waals surface area (Å²) in [4.78, 5) is 38.5. The number of hydrogen-bond acceptors (Lipinski definition) is 7. The first-order valence-corrected chi connectivity index (χ1v) is 11.3. The summed E-state index contributed by atoms with van der Waals surface area (Å²) >= 11 is 7.23. The van der Waals surface area contributed by atoms with Crippen LogP contribution < -0.4 is 5.32 Å². The van der Waals surface area contributed by atoms with E-state index in [1.165, 1.54) is 0 Å². The van der Waals surface area contributed by atoms with Crippen LogP contribution in [0.15, 0.2) is 0 Å². The molecule has 0 aliphatic heterocycles. The zero-order chi connectivity index (χ0) is 23.5. The van der Waals surface area contributed by atoms with Crippen molar-refractivity contribution in [3.05, 3.63) is 32.4 Å². The quantitative estimate of drug-likeness (QED) is 0.554. The SMILES string of the molecule is CCOC(=O)c1sc(NC(=O)C(CC)n2nc(C)c(Cl)c2C)c(C(=O)OC(C)C)c1C. The molecule has 1 amide bonds. The zero-order valence-electron chi connectivity index (χ0n) is 18.8. The predicted molar refractivity (Wildman–Crippen MR) is 120 cm³/mol. The summed E-state index contributed by atoms with van der Waals surface area (Å²) < 4.78 is 12.0. The Morgan fingerprint density at radius 1 is 1.16 bits per heavy atom. The first-order chi connectivity index (χ1) is 14.5. The van der Waals surface area contributed by atoms with Gasteiger partial charge in [0.25, 0.3) is 0 Å². The summed E-state index contributed by atoms with van der Waals surface area (Å²) in [5.41, 5.74) is 1.86. The van der Waals surface area contributed by atoms with Gasteiger partial charge in [0, 0.05) is 0 Å². The van der Waals surface area contributed by atoms with Gasteiger partial charge in [0.1, 0.15) is 15.9 Å². The smallest absolute Gasteiger partial charge is 0.348 e. The van der Waals surface area contributed by atoms with Crippen molar-refractivity contribution in [3.8, 4) is 0 Å². The van der Waals surface area contributed by atoms with Crippen molar-refractivity contribution in [2.24, 2.45) is 0 Å². The maximum atomic E-state index is 13.2. The molecule has 10 heteroatoms. The summed E-state index contributed by atoms with van der Waals surface area (Å²) in [6.45, 7) is 12.4. The molecule has 170 valence electrons. The lowest BCUT2D eigenvalue weighted by Gasteiger charge is -2.17. The fourth-order valence-corrected chi connectivity index (χ4v) is 4.34. The van der Waals surface area contributed by atoms with Crippen LogP contribution in [0.4, 0.5) is 5.00 Å². The number of thiophene rings is 1. The Morgan fingerprint density at radius 3 is 2.29 bits per heavy atom. The number of esters is 2. The van der Waals surface area contributed by atoms with Gasteiger partial charge in [-0.05, 0) is 53.5 Å². The second kappa shape index (κ2) is 10.3. The molecule has 0 radical (unpaired) electrons. The molecular weight excluding hydrogens is 442 g/mol. The van der Waals surface area contributed by atoms with Crippen molar-refractivity contribution in [2.75, 3.05) is 11.9 Å². The van der Waals surface area contributed by atoms with Gasteiger partial charge in [0.2, 0.25) is 5.91 Å². The third-order valence-corrected chi connectivity index (χ3v) is 6.35. The third-order valence-electron chi connectivity index (χ3n) is 4.61. The molecule has 0 bridgehead atoms. The molecule has 0 aliphatic rings. The Labute approximate surface area is 190 Å². The summed E-state index contributed by atoms with van der Waals surface area (Å²) in [5, 5.41) is 7.91. The largest absolute Gasteiger partial charge is 0.462 e. The second-order valence-corrected chi connectivity index (χ2v) is 8.68. The van der Waals surface area contributed by atoms with E-state index in [2.05, 4.69) is 10.4 Å². The van der Waals surface area contributed by atoms with Gasteiger partial charge < -0.3 is 14.8 Å². The standard InChI is InChI=1S/C21H28ClN3O5S/c1-8-14(25-13(7)16(22)12(6)24-25)18(26)23-19-15(20(27)30-10(3)4)11(5)17(31-19)21(28)29-9-2/h10,14H,8-9H2,1-7H3,(H,23,26). The van der Waals surface area contributed by atoms with Crippen LogP contribution in [0, 0.1) is 20.8 Å². The molecule has 0 saturated heterocycles. The van der Waals surface area contributed by atoms with E-state index < -0.39 is 18.0 Å². The Morgan fingerprint density at radius 2 is 1.81 bits per heavy atom. The highest BCUT2D eigenvalue weighted by Gasteiger charge is 2.30. The summed E-state index contributed by atoms with van der Waals surface area (Å²) in [5.74, 6) is -1.54. The molecule has 0 fully saturated rings. The van der Waals surface area contributed by atoms with Gasteiger partial charge in [-0.15, -0.1) is 11.3 Å². The number of aryl methyl sites for hydroxylation is 1. The highest BCUT2D eigenvalue weighted by molar-refractivity contribution is 7.18. The van der Waals surface area contributed by atoms with Crippen molar-refractivity contribution in [3.63, 3.8) is 0 Å². The molecule has 31 heavy (non-hydrogen) atoms. The van der Waals surface area contributed by atoms with Crippen LogP contribution in [0.5, 0.6) is 0 Å². The Balaban J connectivity index is 2.46. The van der Waals surface area contributed by atoms with Crippen molar-refractivity contribution in [1.82, 2.24) is 9.78 Å². The number of carbonyl (C=O) groups is 3. The van der Waals surface area contributed by atoms with E-state index in [-0.39, 0.29) is 34.1 Å². The van der Waals surface area contributed by atoms with Gasteiger partial charge in [0.15, 0.2) is 0 Å². The number of hydrogen-bond donors (Lipinski definition) is 1. The van der Waals surface area contributed by atoms with Crippen LogP contribution in [0.3, 0.4) is 0 Å². The molecule has 0 aliphatic carbocycles. The van der Waals surface area contributed by atoms with E-state index in [0.717, 1.165) is 11.3 Å². The number of rotatable bonds is 8. The van der Waals surface area contributed by atoms with E-state index in [1.807, 2.05) is 6.92 Å². The Bertz CT molecular complexity index is 996. The number of amides is 1. The minimum Gasteiger partial charge on any atom is -0.462 e. The molecule has 0 saturated carbocycles. The third kappa shape index (κ3) is 5.27. The lowest BCUT2D eigenvalue weighted by atomic mass is 10.1. The highest BCUT2D eigenvalue weighted by Crippen LogP contribution is 2.35. The lowest BCUT2D eigenvalue weighted by molar-refractivity contribution is -0.119. The molecule has 1 unspecified atom stereocenters. The number of halogens is 1. The van der Waals surface area contributed by atoms with E-state index in [1.54, 1.807) is 46.2 Å². The molecule has 0 aromatic carbocycles. The summed E-state index contributed by atoms with van der Waals surface area (Å²) in [7, 11) is 0. The molecular formula is C21H28ClN3O5S. The number of carbonyl (C=O) groups excluding carboxylic acids is 3. The zero-order valence-corrected chi connectivity index (χ0v) is 20.4. The molecule has 2 rings (SSSR count). The highest BCUT2D eigenvalue weighted by atomic mass is 35.5. The summed E-state index contributed by atoms with van der Waals surface area (Å²) in [6, 6.07) is -0.645. The van der Waals surface area contributed by atoms with E-state index >= 15 is 0 Å². The van der Waals surface area contributed by atoms with Gasteiger partial charge in [-0.25, -0.2) is 9.59 Å². The number of nitrogens with zero attached hydrogens (tertiary/aromatic N) is 2. The molecule has 1 N–H and O–H groups in total.